The Hall–Kier alpha value is -2.62. The van der Waals surface area contributed by atoms with Crippen molar-refractivity contribution in [3.05, 3.63) is 71.6 Å². The summed E-state index contributed by atoms with van der Waals surface area (Å²) in [4.78, 5) is 9.01. The summed E-state index contributed by atoms with van der Waals surface area (Å²) in [6.45, 7) is 8.41. The maximum absolute atomic E-state index is 6.50. The summed E-state index contributed by atoms with van der Waals surface area (Å²) in [6.07, 6.45) is 4.37. The molecule has 1 unspecified atom stereocenters. The monoisotopic (exact) mass is 323 g/mol. The van der Waals surface area contributed by atoms with E-state index in [2.05, 4.69) is 23.7 Å². The van der Waals surface area contributed by atoms with Gasteiger partial charge in [0.2, 0.25) is 0 Å². The molecule has 2 rings (SSSR count). The number of allylic oxidation sites excluding steroid dienone is 4. The van der Waals surface area contributed by atoms with Gasteiger partial charge in [-0.25, -0.2) is 4.99 Å². The van der Waals surface area contributed by atoms with Crippen molar-refractivity contribution in [2.45, 2.75) is 26.2 Å². The minimum absolute atomic E-state index is 0.183. The minimum Gasteiger partial charge on any atom is -0.484 e. The van der Waals surface area contributed by atoms with Gasteiger partial charge in [-0.3, -0.25) is 4.99 Å². The molecule has 2 N–H and O–H groups in total. The molecule has 1 aromatic rings. The molecule has 0 saturated carbocycles. The SMILES string of the molecule is C=C/C(=C\N=C(/C)OC)C1=NCCC(c2ccccc2)C(N)=C1C. The Kier molecular flexibility index (Phi) is 6.13. The molecule has 24 heavy (non-hydrogen) atoms. The summed E-state index contributed by atoms with van der Waals surface area (Å²) in [5.74, 6) is 0.767. The normalized spacial score (nSPS) is 19.6. The average molecular weight is 323 g/mol. The Morgan fingerprint density at radius 2 is 2.08 bits per heavy atom. The molecule has 126 valence electrons. The van der Waals surface area contributed by atoms with Gasteiger partial charge < -0.3 is 10.5 Å². The smallest absolute Gasteiger partial charge is 0.184 e. The number of methoxy groups -OCH3 is 1. The molecule has 0 bridgehead atoms. The number of hydrogen-bond acceptors (Lipinski definition) is 4. The fourth-order valence-electron chi connectivity index (χ4n) is 2.74. The van der Waals surface area contributed by atoms with E-state index in [-0.39, 0.29) is 5.92 Å². The van der Waals surface area contributed by atoms with Crippen LogP contribution in [-0.4, -0.2) is 25.3 Å². The van der Waals surface area contributed by atoms with Crippen LogP contribution in [0, 0.1) is 0 Å². The Labute approximate surface area is 144 Å². The number of benzene rings is 1. The largest absolute Gasteiger partial charge is 0.484 e. The summed E-state index contributed by atoms with van der Waals surface area (Å²) in [6, 6.07) is 10.3. The molecule has 4 nitrogen and oxygen atoms in total. The van der Waals surface area contributed by atoms with Gasteiger partial charge in [0.15, 0.2) is 5.90 Å². The molecule has 0 radical (unpaired) electrons. The number of nitrogens with zero attached hydrogens (tertiary/aromatic N) is 2. The highest BCUT2D eigenvalue weighted by Gasteiger charge is 2.22. The van der Waals surface area contributed by atoms with E-state index in [9.17, 15) is 0 Å². The second-order valence-electron chi connectivity index (χ2n) is 5.70. The quantitative estimate of drug-likeness (QED) is 0.517. The third kappa shape index (κ3) is 4.02. The van der Waals surface area contributed by atoms with Gasteiger partial charge in [-0.15, -0.1) is 0 Å². The molecule has 4 heteroatoms. The first-order valence-electron chi connectivity index (χ1n) is 8.05. The van der Waals surface area contributed by atoms with Crippen LogP contribution in [0.15, 0.2) is 76.0 Å². The van der Waals surface area contributed by atoms with Gasteiger partial charge in [-0.2, -0.15) is 0 Å². The van der Waals surface area contributed by atoms with Crippen molar-refractivity contribution in [2.24, 2.45) is 15.7 Å². The van der Waals surface area contributed by atoms with E-state index in [1.807, 2.05) is 25.1 Å². The first-order valence-corrected chi connectivity index (χ1v) is 8.05. The number of hydrogen-bond donors (Lipinski definition) is 1. The van der Waals surface area contributed by atoms with Gasteiger partial charge in [0.25, 0.3) is 0 Å². The van der Waals surface area contributed by atoms with Crippen LogP contribution in [0.1, 0.15) is 31.7 Å². The topological polar surface area (TPSA) is 60.0 Å². The Balaban J connectivity index is 2.40. The second kappa shape index (κ2) is 8.29. The molecular formula is C20H25N3O. The first-order chi connectivity index (χ1) is 11.6. The van der Waals surface area contributed by atoms with Gasteiger partial charge >= 0.3 is 0 Å². The van der Waals surface area contributed by atoms with E-state index < -0.39 is 0 Å². The summed E-state index contributed by atoms with van der Waals surface area (Å²) in [5, 5.41) is 0. The van der Waals surface area contributed by atoms with Crippen molar-refractivity contribution in [1.29, 1.82) is 0 Å². The van der Waals surface area contributed by atoms with Crippen LogP contribution in [0.25, 0.3) is 0 Å². The molecule has 1 heterocycles. The van der Waals surface area contributed by atoms with Gasteiger partial charge in [0, 0.05) is 36.9 Å². The second-order valence-corrected chi connectivity index (χ2v) is 5.70. The lowest BCUT2D eigenvalue weighted by molar-refractivity contribution is 0.400. The Morgan fingerprint density at radius 3 is 2.71 bits per heavy atom. The highest BCUT2D eigenvalue weighted by atomic mass is 16.5. The predicted molar refractivity (Wildman–Crippen MR) is 101 cm³/mol. The van der Waals surface area contributed by atoms with Crippen LogP contribution in [0.4, 0.5) is 0 Å². The Bertz CT molecular complexity index is 712. The standard InChI is InChI=1S/C20H25N3O/c1-5-16(13-23-15(3)24-4)20-14(2)19(21)18(11-12-22-20)17-9-7-6-8-10-17/h5-10,13,18H,1,11-12,21H2,2-4H3/b16-13+,23-15+. The van der Waals surface area contributed by atoms with E-state index >= 15 is 0 Å². The molecule has 0 spiro atoms. The zero-order chi connectivity index (χ0) is 17.5. The maximum atomic E-state index is 6.50. The third-order valence-corrected chi connectivity index (χ3v) is 4.23. The number of ether oxygens (including phenoxy) is 1. The van der Waals surface area contributed by atoms with Crippen LogP contribution in [0.5, 0.6) is 0 Å². The molecule has 1 atom stereocenters. The lowest BCUT2D eigenvalue weighted by atomic mass is 9.89. The van der Waals surface area contributed by atoms with Crippen LogP contribution < -0.4 is 5.73 Å². The lowest BCUT2D eigenvalue weighted by Gasteiger charge is -2.18. The molecule has 0 saturated heterocycles. The summed E-state index contributed by atoms with van der Waals surface area (Å²) in [7, 11) is 1.59. The summed E-state index contributed by atoms with van der Waals surface area (Å²) < 4.78 is 5.07. The lowest BCUT2D eigenvalue weighted by Crippen LogP contribution is -2.15. The van der Waals surface area contributed by atoms with Crippen molar-refractivity contribution in [3.8, 4) is 0 Å². The first kappa shape index (κ1) is 17.7. The molecule has 0 aliphatic carbocycles. The predicted octanol–water partition coefficient (Wildman–Crippen LogP) is 3.98. The maximum Gasteiger partial charge on any atom is 0.184 e. The van der Waals surface area contributed by atoms with Gasteiger partial charge in [-0.1, -0.05) is 43.0 Å². The fraction of sp³-hybridized carbons (Fsp3) is 0.300. The molecular weight excluding hydrogens is 298 g/mol. The highest BCUT2D eigenvalue weighted by Crippen LogP contribution is 2.30. The molecule has 0 aromatic heterocycles. The molecule has 0 fully saturated rings. The van der Waals surface area contributed by atoms with Crippen molar-refractivity contribution in [2.75, 3.05) is 13.7 Å². The summed E-state index contributed by atoms with van der Waals surface area (Å²) in [5.41, 5.74) is 11.3. The molecule has 1 aliphatic heterocycles. The van der Waals surface area contributed by atoms with Gasteiger partial charge in [-0.05, 0) is 24.5 Å². The van der Waals surface area contributed by atoms with Crippen LogP contribution in [-0.2, 0) is 4.74 Å². The van der Waals surface area contributed by atoms with Crippen molar-refractivity contribution in [1.82, 2.24) is 0 Å². The molecule has 1 aromatic carbocycles. The van der Waals surface area contributed by atoms with E-state index in [1.54, 1.807) is 26.3 Å². The van der Waals surface area contributed by atoms with Gasteiger partial charge in [0.05, 0.1) is 12.8 Å². The summed E-state index contributed by atoms with van der Waals surface area (Å²) >= 11 is 0. The molecule has 1 aliphatic rings. The highest BCUT2D eigenvalue weighted by molar-refractivity contribution is 6.14. The van der Waals surface area contributed by atoms with Crippen LogP contribution in [0.2, 0.25) is 0 Å². The van der Waals surface area contributed by atoms with Gasteiger partial charge in [0.1, 0.15) is 0 Å². The van der Waals surface area contributed by atoms with E-state index in [4.69, 9.17) is 15.5 Å². The minimum atomic E-state index is 0.183. The van der Waals surface area contributed by atoms with E-state index in [0.717, 1.165) is 29.0 Å². The van der Waals surface area contributed by atoms with E-state index in [1.165, 1.54) is 5.56 Å². The van der Waals surface area contributed by atoms with E-state index in [0.29, 0.717) is 12.4 Å². The zero-order valence-electron chi connectivity index (χ0n) is 14.6. The molecule has 0 amide bonds. The van der Waals surface area contributed by atoms with Crippen LogP contribution in [0.3, 0.4) is 0 Å². The number of nitrogens with two attached hydrogens (primary N) is 1. The number of aliphatic imine (C=N–C) groups is 2. The van der Waals surface area contributed by atoms with Crippen molar-refractivity contribution >= 4 is 11.6 Å². The van der Waals surface area contributed by atoms with Crippen molar-refractivity contribution < 1.29 is 4.74 Å². The van der Waals surface area contributed by atoms with Crippen molar-refractivity contribution in [3.63, 3.8) is 0 Å². The third-order valence-electron chi connectivity index (χ3n) is 4.23. The zero-order valence-corrected chi connectivity index (χ0v) is 14.6. The Morgan fingerprint density at radius 1 is 1.38 bits per heavy atom. The average Bonchev–Trinajstić information content (AvgIpc) is 2.76. The fourth-order valence-corrected chi connectivity index (χ4v) is 2.74. The number of rotatable bonds is 4. The van der Waals surface area contributed by atoms with Crippen LogP contribution >= 0.6 is 0 Å².